The lowest BCUT2D eigenvalue weighted by Crippen LogP contribution is -2.42. The molecule has 0 spiro atoms. The van der Waals surface area contributed by atoms with Crippen molar-refractivity contribution in [2.75, 3.05) is 24.6 Å². The Kier molecular flexibility index (Phi) is 4.19. The predicted molar refractivity (Wildman–Crippen MR) is 72.3 cm³/mol. The molecule has 0 amide bonds. The number of aromatic carboxylic acids is 1. The Morgan fingerprint density at radius 3 is 2.95 bits per heavy atom. The fraction of sp³-hybridized carbons (Fsp3) is 0.462. The molecule has 2 rings (SSSR count). The molecule has 1 unspecified atom stereocenters. The smallest absolute Gasteiger partial charge is 0.335 e. The Balaban J connectivity index is 2.38. The van der Waals surface area contributed by atoms with E-state index in [-0.39, 0.29) is 17.4 Å². The molecule has 108 valence electrons. The molecule has 0 saturated carbocycles. The lowest BCUT2D eigenvalue weighted by atomic mass is 10.1. The highest BCUT2D eigenvalue weighted by Crippen LogP contribution is 2.31. The van der Waals surface area contributed by atoms with Crippen LogP contribution in [0.1, 0.15) is 23.7 Å². The molecule has 20 heavy (non-hydrogen) atoms. The standard InChI is InChI=1S/C13H16N2O5/c1-2-10-8-14(5-6-20-10)12-7-9(13(16)17)3-4-11(12)15(18)19/h3-4,7,10H,2,5-6,8H2,1H3,(H,16,17). The molecule has 7 heteroatoms. The molecule has 1 atom stereocenters. The van der Waals surface area contributed by atoms with Crippen LogP contribution >= 0.6 is 0 Å². The van der Waals surface area contributed by atoms with Gasteiger partial charge in [-0.1, -0.05) is 6.92 Å². The van der Waals surface area contributed by atoms with Crippen molar-refractivity contribution in [1.29, 1.82) is 0 Å². The number of nitro benzene ring substituents is 1. The summed E-state index contributed by atoms with van der Waals surface area (Å²) >= 11 is 0. The van der Waals surface area contributed by atoms with Gasteiger partial charge in [0, 0.05) is 19.2 Å². The Hall–Kier alpha value is -2.15. The van der Waals surface area contributed by atoms with Crippen molar-refractivity contribution >= 4 is 17.3 Å². The molecule has 0 bridgehead atoms. The summed E-state index contributed by atoms with van der Waals surface area (Å²) in [5.74, 6) is -1.10. The van der Waals surface area contributed by atoms with Gasteiger partial charge in [0.2, 0.25) is 0 Å². The molecule has 1 aliphatic heterocycles. The number of morpholine rings is 1. The predicted octanol–water partition coefficient (Wildman–Crippen LogP) is 1.91. The summed E-state index contributed by atoms with van der Waals surface area (Å²) in [5.41, 5.74) is 0.313. The molecule has 1 aliphatic rings. The van der Waals surface area contributed by atoms with Crippen LogP contribution in [0.15, 0.2) is 18.2 Å². The molecule has 0 aliphatic carbocycles. The second-order valence-electron chi connectivity index (χ2n) is 4.61. The van der Waals surface area contributed by atoms with Crippen molar-refractivity contribution in [3.8, 4) is 0 Å². The van der Waals surface area contributed by atoms with Gasteiger partial charge in [-0.15, -0.1) is 0 Å². The SMILES string of the molecule is CCC1CN(c2cc(C(=O)O)ccc2[N+](=O)[O-])CCO1. The molecule has 0 aromatic heterocycles. The van der Waals surface area contributed by atoms with Crippen LogP contribution in [0.4, 0.5) is 11.4 Å². The van der Waals surface area contributed by atoms with Gasteiger partial charge in [0.05, 0.1) is 23.2 Å². The molecule has 1 fully saturated rings. The molecule has 7 nitrogen and oxygen atoms in total. The zero-order valence-electron chi connectivity index (χ0n) is 11.1. The first kappa shape index (κ1) is 14.3. The van der Waals surface area contributed by atoms with Crippen molar-refractivity contribution in [2.24, 2.45) is 0 Å². The molecular formula is C13H16N2O5. The lowest BCUT2D eigenvalue weighted by molar-refractivity contribution is -0.384. The third kappa shape index (κ3) is 2.88. The topological polar surface area (TPSA) is 92.9 Å². The van der Waals surface area contributed by atoms with E-state index in [1.165, 1.54) is 18.2 Å². The van der Waals surface area contributed by atoms with Crippen molar-refractivity contribution in [2.45, 2.75) is 19.4 Å². The number of hydrogen-bond donors (Lipinski definition) is 1. The molecule has 1 N–H and O–H groups in total. The van der Waals surface area contributed by atoms with Gasteiger partial charge < -0.3 is 14.7 Å². The third-order valence-electron chi connectivity index (χ3n) is 3.35. The van der Waals surface area contributed by atoms with Crippen LogP contribution in [0.25, 0.3) is 0 Å². The van der Waals surface area contributed by atoms with Gasteiger partial charge in [0.1, 0.15) is 5.69 Å². The molecule has 0 radical (unpaired) electrons. The van der Waals surface area contributed by atoms with Crippen LogP contribution < -0.4 is 4.90 Å². The maximum atomic E-state index is 11.1. The zero-order chi connectivity index (χ0) is 14.7. The van der Waals surface area contributed by atoms with Gasteiger partial charge >= 0.3 is 5.97 Å². The fourth-order valence-corrected chi connectivity index (χ4v) is 2.25. The zero-order valence-corrected chi connectivity index (χ0v) is 11.1. The van der Waals surface area contributed by atoms with Crippen LogP contribution in [0.5, 0.6) is 0 Å². The van der Waals surface area contributed by atoms with Crippen molar-refractivity contribution < 1.29 is 19.6 Å². The Morgan fingerprint density at radius 2 is 2.35 bits per heavy atom. The summed E-state index contributed by atoms with van der Waals surface area (Å²) in [6.45, 7) is 3.50. The maximum absolute atomic E-state index is 11.1. The van der Waals surface area contributed by atoms with E-state index in [1.807, 2.05) is 11.8 Å². The van der Waals surface area contributed by atoms with E-state index < -0.39 is 10.9 Å². The minimum absolute atomic E-state index is 0.0110. The highest BCUT2D eigenvalue weighted by molar-refractivity contribution is 5.90. The maximum Gasteiger partial charge on any atom is 0.335 e. The van der Waals surface area contributed by atoms with Gasteiger partial charge in [0.25, 0.3) is 5.69 Å². The second kappa shape index (κ2) is 5.87. The van der Waals surface area contributed by atoms with E-state index in [4.69, 9.17) is 9.84 Å². The van der Waals surface area contributed by atoms with Crippen LogP contribution in [-0.2, 0) is 4.74 Å². The number of carboxylic acid groups (broad SMARTS) is 1. The van der Waals surface area contributed by atoms with Crippen LogP contribution in [-0.4, -0.2) is 41.8 Å². The molecule has 1 aromatic rings. The van der Waals surface area contributed by atoms with Gasteiger partial charge in [-0.2, -0.15) is 0 Å². The van der Waals surface area contributed by atoms with E-state index in [0.717, 1.165) is 6.42 Å². The summed E-state index contributed by atoms with van der Waals surface area (Å²) in [7, 11) is 0. The molecule has 1 saturated heterocycles. The molecule has 1 heterocycles. The van der Waals surface area contributed by atoms with Crippen LogP contribution in [0.3, 0.4) is 0 Å². The summed E-state index contributed by atoms with van der Waals surface area (Å²) < 4.78 is 5.53. The number of anilines is 1. The first-order chi connectivity index (χ1) is 9.52. The second-order valence-corrected chi connectivity index (χ2v) is 4.61. The van der Waals surface area contributed by atoms with E-state index >= 15 is 0 Å². The Labute approximate surface area is 115 Å². The van der Waals surface area contributed by atoms with Crippen LogP contribution in [0.2, 0.25) is 0 Å². The Morgan fingerprint density at radius 1 is 1.60 bits per heavy atom. The van der Waals surface area contributed by atoms with Crippen molar-refractivity contribution in [3.63, 3.8) is 0 Å². The fourth-order valence-electron chi connectivity index (χ4n) is 2.25. The number of nitrogens with zero attached hydrogens (tertiary/aromatic N) is 2. The monoisotopic (exact) mass is 280 g/mol. The van der Waals surface area contributed by atoms with Crippen LogP contribution in [0, 0.1) is 10.1 Å². The van der Waals surface area contributed by atoms with E-state index in [2.05, 4.69) is 0 Å². The summed E-state index contributed by atoms with van der Waals surface area (Å²) in [5, 5.41) is 20.1. The van der Waals surface area contributed by atoms with E-state index in [1.54, 1.807) is 0 Å². The van der Waals surface area contributed by atoms with Crippen molar-refractivity contribution in [1.82, 2.24) is 0 Å². The minimum atomic E-state index is -1.10. The number of carboxylic acids is 1. The number of ether oxygens (including phenoxy) is 1. The average molecular weight is 280 g/mol. The quantitative estimate of drug-likeness (QED) is 0.669. The largest absolute Gasteiger partial charge is 0.478 e. The summed E-state index contributed by atoms with van der Waals surface area (Å²) in [4.78, 5) is 23.5. The first-order valence-corrected chi connectivity index (χ1v) is 6.41. The highest BCUT2D eigenvalue weighted by atomic mass is 16.6. The lowest BCUT2D eigenvalue weighted by Gasteiger charge is -2.33. The normalized spacial score (nSPS) is 18.9. The van der Waals surface area contributed by atoms with Gasteiger partial charge in [-0.3, -0.25) is 10.1 Å². The number of nitro groups is 1. The number of benzene rings is 1. The number of rotatable bonds is 4. The minimum Gasteiger partial charge on any atom is -0.478 e. The van der Waals surface area contributed by atoms with Gasteiger partial charge in [-0.05, 0) is 18.6 Å². The van der Waals surface area contributed by atoms with Gasteiger partial charge in [-0.25, -0.2) is 4.79 Å². The summed E-state index contributed by atoms with van der Waals surface area (Å²) in [6, 6.07) is 3.86. The summed E-state index contributed by atoms with van der Waals surface area (Å²) in [6.07, 6.45) is 0.819. The molecule has 1 aromatic carbocycles. The first-order valence-electron chi connectivity index (χ1n) is 6.41. The number of carbonyl (C=O) groups is 1. The highest BCUT2D eigenvalue weighted by Gasteiger charge is 2.26. The molecular weight excluding hydrogens is 264 g/mol. The van der Waals surface area contributed by atoms with E-state index in [9.17, 15) is 14.9 Å². The third-order valence-corrected chi connectivity index (χ3v) is 3.35. The van der Waals surface area contributed by atoms with Gasteiger partial charge in [0.15, 0.2) is 0 Å². The van der Waals surface area contributed by atoms with E-state index in [0.29, 0.717) is 25.4 Å². The Bertz CT molecular complexity index is 531. The average Bonchev–Trinajstić information content (AvgIpc) is 2.46. The number of hydrogen-bond acceptors (Lipinski definition) is 5. The van der Waals surface area contributed by atoms with Crippen molar-refractivity contribution in [3.05, 3.63) is 33.9 Å².